The van der Waals surface area contributed by atoms with Crippen molar-refractivity contribution < 1.29 is 9.47 Å². The smallest absolute Gasteiger partial charge is 0.183 e. The summed E-state index contributed by atoms with van der Waals surface area (Å²) in [7, 11) is 5.09. The highest BCUT2D eigenvalue weighted by atomic mass is 32.1. The van der Waals surface area contributed by atoms with Crippen molar-refractivity contribution in [3.05, 3.63) is 23.1 Å². The van der Waals surface area contributed by atoms with Crippen molar-refractivity contribution in [2.75, 3.05) is 26.6 Å². The highest BCUT2D eigenvalue weighted by molar-refractivity contribution is 7.16. The number of thiazole rings is 1. The molecule has 0 aliphatic rings. The van der Waals surface area contributed by atoms with E-state index >= 15 is 0 Å². The van der Waals surface area contributed by atoms with E-state index in [-0.39, 0.29) is 6.04 Å². The predicted octanol–water partition coefficient (Wildman–Crippen LogP) is 2.89. The monoisotopic (exact) mass is 293 g/mol. The summed E-state index contributed by atoms with van der Waals surface area (Å²) in [5, 5.41) is 3.91. The molecule has 1 unspecified atom stereocenters. The molecule has 0 aliphatic heterocycles. The molecule has 1 heterocycles. The van der Waals surface area contributed by atoms with Crippen LogP contribution < -0.4 is 20.5 Å². The van der Waals surface area contributed by atoms with Crippen LogP contribution in [0.3, 0.4) is 0 Å². The molecule has 2 rings (SSSR count). The number of hydrogen-bond donors (Lipinski definition) is 2. The van der Waals surface area contributed by atoms with Gasteiger partial charge in [-0.25, -0.2) is 4.98 Å². The molecule has 1 aromatic heterocycles. The van der Waals surface area contributed by atoms with Gasteiger partial charge in [-0.15, -0.1) is 0 Å². The van der Waals surface area contributed by atoms with E-state index in [4.69, 9.17) is 15.2 Å². The zero-order chi connectivity index (χ0) is 14.7. The number of rotatable bonds is 5. The van der Waals surface area contributed by atoms with E-state index in [0.29, 0.717) is 11.5 Å². The molecule has 0 saturated heterocycles. The number of methoxy groups -OCH3 is 2. The number of anilines is 1. The largest absolute Gasteiger partial charge is 0.493 e. The van der Waals surface area contributed by atoms with Crippen LogP contribution in [0.15, 0.2) is 18.2 Å². The average Bonchev–Trinajstić information content (AvgIpc) is 2.91. The van der Waals surface area contributed by atoms with Gasteiger partial charge in [0.2, 0.25) is 0 Å². The van der Waals surface area contributed by atoms with Gasteiger partial charge >= 0.3 is 0 Å². The number of nitrogens with two attached hydrogens (primary N) is 1. The molecule has 20 heavy (non-hydrogen) atoms. The summed E-state index contributed by atoms with van der Waals surface area (Å²) in [5.74, 6) is 1.38. The minimum absolute atomic E-state index is 0.0716. The second-order valence-corrected chi connectivity index (χ2v) is 5.37. The van der Waals surface area contributed by atoms with E-state index < -0.39 is 0 Å². The molecule has 0 bridgehead atoms. The number of nitrogens with zero attached hydrogens (tertiary/aromatic N) is 1. The topological polar surface area (TPSA) is 69.4 Å². The van der Waals surface area contributed by atoms with E-state index in [1.165, 1.54) is 0 Å². The maximum absolute atomic E-state index is 6.03. The SMILES string of the molecule is CNc1nc(-c2ccc(OC)c(OC)c2)c(C(C)N)s1. The van der Waals surface area contributed by atoms with Gasteiger partial charge in [0.25, 0.3) is 0 Å². The third-order valence-corrected chi connectivity index (χ3v) is 4.21. The fourth-order valence-corrected chi connectivity index (χ4v) is 2.83. The fourth-order valence-electron chi connectivity index (χ4n) is 1.94. The van der Waals surface area contributed by atoms with Crippen molar-refractivity contribution in [3.8, 4) is 22.8 Å². The lowest BCUT2D eigenvalue weighted by atomic mass is 10.1. The molecule has 108 valence electrons. The molecule has 0 spiro atoms. The van der Waals surface area contributed by atoms with Gasteiger partial charge in [-0.2, -0.15) is 0 Å². The van der Waals surface area contributed by atoms with Gasteiger partial charge in [-0.05, 0) is 25.1 Å². The zero-order valence-electron chi connectivity index (χ0n) is 12.1. The van der Waals surface area contributed by atoms with Crippen LogP contribution in [0.1, 0.15) is 17.8 Å². The maximum Gasteiger partial charge on any atom is 0.183 e. The Bertz CT molecular complexity index is 596. The third kappa shape index (κ3) is 2.71. The summed E-state index contributed by atoms with van der Waals surface area (Å²) in [6.07, 6.45) is 0. The van der Waals surface area contributed by atoms with Gasteiger partial charge in [0.05, 0.1) is 24.8 Å². The minimum Gasteiger partial charge on any atom is -0.493 e. The Labute approximate surface area is 122 Å². The Hall–Kier alpha value is -1.79. The molecular weight excluding hydrogens is 274 g/mol. The normalized spacial score (nSPS) is 12.1. The zero-order valence-corrected chi connectivity index (χ0v) is 12.9. The molecule has 0 saturated carbocycles. The number of nitrogens with one attached hydrogen (secondary N) is 1. The summed E-state index contributed by atoms with van der Waals surface area (Å²) in [6.45, 7) is 1.96. The Morgan fingerprint density at radius 1 is 1.25 bits per heavy atom. The van der Waals surface area contributed by atoms with E-state index in [0.717, 1.165) is 21.3 Å². The first-order chi connectivity index (χ1) is 9.60. The summed E-state index contributed by atoms with van der Waals surface area (Å²) in [4.78, 5) is 5.63. The Kier molecular flexibility index (Phi) is 4.46. The van der Waals surface area contributed by atoms with Crippen molar-refractivity contribution in [2.45, 2.75) is 13.0 Å². The van der Waals surface area contributed by atoms with Crippen LogP contribution in [-0.2, 0) is 0 Å². The molecule has 3 N–H and O–H groups in total. The molecule has 0 radical (unpaired) electrons. The Morgan fingerprint density at radius 3 is 2.50 bits per heavy atom. The summed E-state index contributed by atoms with van der Waals surface area (Å²) in [5.41, 5.74) is 7.88. The van der Waals surface area contributed by atoms with E-state index in [1.54, 1.807) is 25.6 Å². The molecule has 0 fully saturated rings. The van der Waals surface area contributed by atoms with Gasteiger partial charge in [0.1, 0.15) is 0 Å². The first-order valence-electron chi connectivity index (χ1n) is 6.27. The van der Waals surface area contributed by atoms with Gasteiger partial charge in [0.15, 0.2) is 16.6 Å². The summed E-state index contributed by atoms with van der Waals surface area (Å²) in [6, 6.07) is 5.68. The lowest BCUT2D eigenvalue weighted by Crippen LogP contribution is -2.04. The van der Waals surface area contributed by atoms with Crippen LogP contribution in [0, 0.1) is 0 Å². The summed E-state index contributed by atoms with van der Waals surface area (Å²) < 4.78 is 10.6. The van der Waals surface area contributed by atoms with Gasteiger partial charge in [0, 0.05) is 18.7 Å². The standard InChI is InChI=1S/C14H19N3O2S/c1-8(15)13-12(17-14(16-2)20-13)9-5-6-10(18-3)11(7-9)19-4/h5-8H,15H2,1-4H3,(H,16,17). The van der Waals surface area contributed by atoms with Crippen LogP contribution in [-0.4, -0.2) is 26.3 Å². The molecule has 1 aromatic carbocycles. The molecular formula is C14H19N3O2S. The van der Waals surface area contributed by atoms with Crippen LogP contribution in [0.5, 0.6) is 11.5 Å². The van der Waals surface area contributed by atoms with Crippen LogP contribution in [0.25, 0.3) is 11.3 Å². The van der Waals surface area contributed by atoms with Crippen molar-refractivity contribution >= 4 is 16.5 Å². The summed E-state index contributed by atoms with van der Waals surface area (Å²) >= 11 is 1.57. The van der Waals surface area contributed by atoms with Crippen molar-refractivity contribution in [1.82, 2.24) is 4.98 Å². The van der Waals surface area contributed by atoms with E-state index in [2.05, 4.69) is 10.3 Å². The molecule has 0 amide bonds. The van der Waals surface area contributed by atoms with Crippen molar-refractivity contribution in [2.24, 2.45) is 5.73 Å². The molecule has 1 atom stereocenters. The number of ether oxygens (including phenoxy) is 2. The number of hydrogen-bond acceptors (Lipinski definition) is 6. The fraction of sp³-hybridized carbons (Fsp3) is 0.357. The maximum atomic E-state index is 6.03. The van der Waals surface area contributed by atoms with Crippen LogP contribution in [0.4, 0.5) is 5.13 Å². The van der Waals surface area contributed by atoms with Crippen LogP contribution >= 0.6 is 11.3 Å². The quantitative estimate of drug-likeness (QED) is 0.887. The van der Waals surface area contributed by atoms with Gasteiger partial charge in [-0.1, -0.05) is 11.3 Å². The highest BCUT2D eigenvalue weighted by Gasteiger charge is 2.17. The lowest BCUT2D eigenvalue weighted by Gasteiger charge is -2.10. The van der Waals surface area contributed by atoms with Crippen LogP contribution in [0.2, 0.25) is 0 Å². The second-order valence-electron chi connectivity index (χ2n) is 4.34. The Balaban J connectivity index is 2.53. The van der Waals surface area contributed by atoms with E-state index in [9.17, 15) is 0 Å². The van der Waals surface area contributed by atoms with Crippen molar-refractivity contribution in [1.29, 1.82) is 0 Å². The van der Waals surface area contributed by atoms with Crippen molar-refractivity contribution in [3.63, 3.8) is 0 Å². The number of benzene rings is 1. The minimum atomic E-state index is -0.0716. The molecule has 6 heteroatoms. The lowest BCUT2D eigenvalue weighted by molar-refractivity contribution is 0.355. The number of aromatic nitrogens is 1. The predicted molar refractivity (Wildman–Crippen MR) is 82.8 cm³/mol. The third-order valence-electron chi connectivity index (χ3n) is 2.94. The second kappa shape index (κ2) is 6.11. The first kappa shape index (κ1) is 14.6. The average molecular weight is 293 g/mol. The molecule has 5 nitrogen and oxygen atoms in total. The molecule has 2 aromatic rings. The van der Waals surface area contributed by atoms with Gasteiger partial charge in [-0.3, -0.25) is 0 Å². The highest BCUT2D eigenvalue weighted by Crippen LogP contribution is 2.38. The first-order valence-corrected chi connectivity index (χ1v) is 7.08. The Morgan fingerprint density at radius 2 is 1.95 bits per heavy atom. The van der Waals surface area contributed by atoms with E-state index in [1.807, 2.05) is 32.2 Å². The van der Waals surface area contributed by atoms with Gasteiger partial charge < -0.3 is 20.5 Å². The molecule has 0 aliphatic carbocycles.